The maximum Gasteiger partial charge on any atom is 0.251 e. The second kappa shape index (κ2) is 8.42. The monoisotopic (exact) mass is 440 g/mol. The van der Waals surface area contributed by atoms with Gasteiger partial charge in [-0.15, -0.1) is 0 Å². The van der Waals surface area contributed by atoms with Crippen molar-refractivity contribution in [3.8, 4) is 0 Å². The molecule has 3 saturated carbocycles. The highest BCUT2D eigenvalue weighted by molar-refractivity contribution is 6.04. The smallest absolute Gasteiger partial charge is 0.251 e. The van der Waals surface area contributed by atoms with Crippen LogP contribution < -0.4 is 5.32 Å². The van der Waals surface area contributed by atoms with Gasteiger partial charge < -0.3 is 10.2 Å². The fourth-order valence-electron chi connectivity index (χ4n) is 8.45. The van der Waals surface area contributed by atoms with E-state index < -0.39 is 0 Å². The molecular formula is C28H44N2O2. The van der Waals surface area contributed by atoms with Gasteiger partial charge in [-0.3, -0.25) is 9.59 Å². The number of ketones is 1. The van der Waals surface area contributed by atoms with Crippen molar-refractivity contribution in [3.05, 3.63) is 23.4 Å². The first kappa shape index (κ1) is 23.7. The molecule has 0 aromatic rings. The largest absolute Gasteiger partial charge is 0.319 e. The quantitative estimate of drug-likeness (QED) is 0.600. The molecule has 0 aromatic heterocycles. The third-order valence-corrected chi connectivity index (χ3v) is 10.7. The molecule has 1 amide bonds. The van der Waals surface area contributed by atoms with E-state index in [2.05, 4.69) is 45.1 Å². The molecule has 0 radical (unpaired) electrons. The normalized spacial score (nSPS) is 42.6. The summed E-state index contributed by atoms with van der Waals surface area (Å²) in [4.78, 5) is 28.3. The standard InChI is InChI=1S/C28H44N2O2/c1-8-17(2)26(32)29-24-14-16-28(5)22-13-15-27(4)20(18(3)30(6)7)11-12-21(27)19(22)9-10-23(28)25(24)31/h8,14,18-23H,9-13,15-16H2,1-7H3,(H,29,32)/b17-8+/t18?,19-,20+,21-,22-,23-,27+,28+/m0/s1. The molecule has 4 rings (SSSR count). The van der Waals surface area contributed by atoms with Crippen LogP contribution in [0.4, 0.5) is 0 Å². The van der Waals surface area contributed by atoms with Gasteiger partial charge in [0.2, 0.25) is 0 Å². The van der Waals surface area contributed by atoms with E-state index in [-0.39, 0.29) is 23.0 Å². The lowest BCUT2D eigenvalue weighted by Crippen LogP contribution is -2.56. The number of Topliss-reactive ketones (excluding diaryl/α,β-unsaturated/α-hetero) is 1. The number of carbonyl (C=O) groups excluding carboxylic acids is 2. The number of allylic oxidation sites excluding steroid dienone is 3. The van der Waals surface area contributed by atoms with Crippen molar-refractivity contribution in [2.45, 2.75) is 85.6 Å². The molecule has 178 valence electrons. The van der Waals surface area contributed by atoms with E-state index in [1.807, 2.05) is 13.0 Å². The topological polar surface area (TPSA) is 49.4 Å². The summed E-state index contributed by atoms with van der Waals surface area (Å²) in [6.07, 6.45) is 12.2. The highest BCUT2D eigenvalue weighted by atomic mass is 16.2. The van der Waals surface area contributed by atoms with Crippen molar-refractivity contribution in [2.75, 3.05) is 14.1 Å². The molecule has 8 atom stereocenters. The third kappa shape index (κ3) is 3.52. The first-order valence-corrected chi connectivity index (χ1v) is 12.9. The zero-order valence-electron chi connectivity index (χ0n) is 21.3. The number of nitrogens with zero attached hydrogens (tertiary/aromatic N) is 1. The Kier molecular flexibility index (Phi) is 6.24. The van der Waals surface area contributed by atoms with Crippen LogP contribution in [0.15, 0.2) is 23.4 Å². The Morgan fingerprint density at radius 3 is 2.47 bits per heavy atom. The third-order valence-electron chi connectivity index (χ3n) is 10.7. The molecule has 0 saturated heterocycles. The van der Waals surface area contributed by atoms with Crippen molar-refractivity contribution in [2.24, 2.45) is 40.4 Å². The lowest BCUT2D eigenvalue weighted by atomic mass is 9.45. The molecule has 0 aliphatic heterocycles. The Morgan fingerprint density at radius 2 is 1.81 bits per heavy atom. The highest BCUT2D eigenvalue weighted by Gasteiger charge is 2.61. The summed E-state index contributed by atoms with van der Waals surface area (Å²) < 4.78 is 0. The Labute approximate surface area is 195 Å². The van der Waals surface area contributed by atoms with Gasteiger partial charge in [0.15, 0.2) is 5.78 Å². The van der Waals surface area contributed by atoms with Crippen LogP contribution in [0.1, 0.15) is 79.6 Å². The fourth-order valence-corrected chi connectivity index (χ4v) is 8.45. The molecule has 32 heavy (non-hydrogen) atoms. The molecule has 4 heteroatoms. The number of carbonyl (C=O) groups is 2. The van der Waals surface area contributed by atoms with Crippen molar-refractivity contribution in [1.82, 2.24) is 10.2 Å². The molecule has 4 aliphatic carbocycles. The zero-order valence-corrected chi connectivity index (χ0v) is 21.3. The van der Waals surface area contributed by atoms with E-state index in [0.717, 1.165) is 30.6 Å². The number of rotatable bonds is 4. The Morgan fingerprint density at radius 1 is 1.12 bits per heavy atom. The molecule has 0 aromatic carbocycles. The van der Waals surface area contributed by atoms with E-state index in [1.54, 1.807) is 13.0 Å². The van der Waals surface area contributed by atoms with Gasteiger partial charge in [-0.05, 0) is 114 Å². The molecule has 1 N–H and O–H groups in total. The summed E-state index contributed by atoms with van der Waals surface area (Å²) >= 11 is 0. The van der Waals surface area contributed by atoms with Crippen molar-refractivity contribution in [3.63, 3.8) is 0 Å². The Balaban J connectivity index is 1.56. The minimum Gasteiger partial charge on any atom is -0.319 e. The lowest BCUT2D eigenvalue weighted by Gasteiger charge is -2.60. The summed E-state index contributed by atoms with van der Waals surface area (Å²) in [5.74, 6) is 3.03. The Bertz CT molecular complexity index is 842. The molecule has 0 spiro atoms. The minimum absolute atomic E-state index is 0.0381. The number of fused-ring (bicyclic) bond motifs is 5. The van der Waals surface area contributed by atoms with E-state index in [1.165, 1.54) is 32.1 Å². The lowest BCUT2D eigenvalue weighted by molar-refractivity contribution is -0.141. The number of hydrogen-bond acceptors (Lipinski definition) is 3. The van der Waals surface area contributed by atoms with E-state index in [9.17, 15) is 9.59 Å². The van der Waals surface area contributed by atoms with Crippen molar-refractivity contribution in [1.29, 1.82) is 0 Å². The minimum atomic E-state index is -0.148. The summed E-state index contributed by atoms with van der Waals surface area (Å²) in [7, 11) is 4.46. The summed E-state index contributed by atoms with van der Waals surface area (Å²) in [6, 6.07) is 0.625. The molecule has 4 nitrogen and oxygen atoms in total. The van der Waals surface area contributed by atoms with Crippen LogP contribution in [-0.2, 0) is 9.59 Å². The van der Waals surface area contributed by atoms with Gasteiger partial charge in [-0.25, -0.2) is 0 Å². The van der Waals surface area contributed by atoms with Crippen LogP contribution >= 0.6 is 0 Å². The van der Waals surface area contributed by atoms with Gasteiger partial charge in [-0.2, -0.15) is 0 Å². The van der Waals surface area contributed by atoms with Gasteiger partial charge >= 0.3 is 0 Å². The maximum atomic E-state index is 13.5. The van der Waals surface area contributed by atoms with Crippen LogP contribution in [0.25, 0.3) is 0 Å². The maximum absolute atomic E-state index is 13.5. The predicted molar refractivity (Wildman–Crippen MR) is 130 cm³/mol. The highest BCUT2D eigenvalue weighted by Crippen LogP contribution is 2.67. The summed E-state index contributed by atoms with van der Waals surface area (Å²) in [5.41, 5.74) is 1.67. The second-order valence-corrected chi connectivity index (χ2v) is 12.1. The molecule has 0 bridgehead atoms. The van der Waals surface area contributed by atoms with Gasteiger partial charge in [0.1, 0.15) is 0 Å². The predicted octanol–water partition coefficient (Wildman–Crippen LogP) is 5.35. The van der Waals surface area contributed by atoms with E-state index >= 15 is 0 Å². The van der Waals surface area contributed by atoms with Gasteiger partial charge in [0, 0.05) is 17.5 Å². The Hall–Kier alpha value is -1.42. The average molecular weight is 441 g/mol. The number of hydrogen-bond donors (Lipinski definition) is 1. The van der Waals surface area contributed by atoms with Gasteiger partial charge in [0.25, 0.3) is 5.91 Å². The first-order valence-electron chi connectivity index (χ1n) is 12.9. The van der Waals surface area contributed by atoms with Gasteiger partial charge in [-0.1, -0.05) is 26.0 Å². The molecule has 3 fully saturated rings. The van der Waals surface area contributed by atoms with Crippen LogP contribution in [0.5, 0.6) is 0 Å². The first-order chi connectivity index (χ1) is 15.0. The van der Waals surface area contributed by atoms with E-state index in [0.29, 0.717) is 28.6 Å². The van der Waals surface area contributed by atoms with Gasteiger partial charge in [0.05, 0.1) is 5.70 Å². The second-order valence-electron chi connectivity index (χ2n) is 12.1. The van der Waals surface area contributed by atoms with Crippen molar-refractivity contribution < 1.29 is 9.59 Å². The van der Waals surface area contributed by atoms with Crippen LogP contribution in [-0.4, -0.2) is 36.7 Å². The molecular weight excluding hydrogens is 396 g/mol. The SMILES string of the molecule is C/C=C(\C)C(=O)NC1=CC[C@@]2(C)[C@@H](CC[C@@H]3[C@@H]2CC[C@]2(C)[C@@H](C(C)N(C)C)CC[C@@H]32)C1=O. The molecule has 1 unspecified atom stereocenters. The van der Waals surface area contributed by atoms with E-state index in [4.69, 9.17) is 0 Å². The molecule has 4 aliphatic rings. The van der Waals surface area contributed by atoms with Crippen LogP contribution in [0.3, 0.4) is 0 Å². The molecule has 0 heterocycles. The average Bonchev–Trinajstić information content (AvgIpc) is 3.11. The summed E-state index contributed by atoms with van der Waals surface area (Å²) in [6.45, 7) is 11.0. The summed E-state index contributed by atoms with van der Waals surface area (Å²) in [5, 5.41) is 2.91. The number of amides is 1. The number of nitrogens with one attached hydrogen (secondary N) is 1. The van der Waals surface area contributed by atoms with Crippen LogP contribution in [0.2, 0.25) is 0 Å². The zero-order chi connectivity index (χ0) is 23.4. The van der Waals surface area contributed by atoms with Crippen molar-refractivity contribution >= 4 is 11.7 Å². The fraction of sp³-hybridized carbons (Fsp3) is 0.786. The van der Waals surface area contributed by atoms with Crippen LogP contribution in [0, 0.1) is 40.4 Å².